The molecule has 0 saturated heterocycles. The van der Waals surface area contributed by atoms with Gasteiger partial charge in [-0.3, -0.25) is 14.5 Å². The molecule has 1 amide bonds. The van der Waals surface area contributed by atoms with Crippen LogP contribution in [0, 0.1) is 0 Å². The van der Waals surface area contributed by atoms with Gasteiger partial charge in [-0.1, -0.05) is 5.16 Å². The second-order valence-electron chi connectivity index (χ2n) is 6.43. The van der Waals surface area contributed by atoms with Gasteiger partial charge in [0.2, 0.25) is 17.6 Å². The molecule has 26 heavy (non-hydrogen) atoms. The lowest BCUT2D eigenvalue weighted by molar-refractivity contribution is -0.122. The van der Waals surface area contributed by atoms with Gasteiger partial charge in [0.25, 0.3) is 0 Å². The van der Waals surface area contributed by atoms with Crippen molar-refractivity contribution in [2.45, 2.75) is 38.1 Å². The van der Waals surface area contributed by atoms with Crippen LogP contribution in [0.4, 0.5) is 0 Å². The number of aromatic nitrogens is 5. The monoisotopic (exact) mass is 352 g/mol. The summed E-state index contributed by atoms with van der Waals surface area (Å²) in [7, 11) is 1.94. The molecule has 3 aromatic rings. The second kappa shape index (κ2) is 7.07. The summed E-state index contributed by atoms with van der Waals surface area (Å²) >= 11 is 0. The lowest BCUT2D eigenvalue weighted by atomic mass is 9.93. The van der Waals surface area contributed by atoms with Crippen LogP contribution in [0.25, 0.3) is 11.4 Å². The summed E-state index contributed by atoms with van der Waals surface area (Å²) in [6.45, 7) is 0. The van der Waals surface area contributed by atoms with Crippen molar-refractivity contribution in [3.63, 3.8) is 0 Å². The van der Waals surface area contributed by atoms with E-state index in [4.69, 9.17) is 4.52 Å². The molecule has 3 heterocycles. The minimum absolute atomic E-state index is 0.0182. The molecule has 8 nitrogen and oxygen atoms in total. The number of aryl methyl sites for hydroxylation is 2. The van der Waals surface area contributed by atoms with Crippen LogP contribution in [0.15, 0.2) is 35.2 Å². The van der Waals surface area contributed by atoms with Crippen molar-refractivity contribution < 1.29 is 9.32 Å². The van der Waals surface area contributed by atoms with E-state index < -0.39 is 0 Å². The average molecular weight is 352 g/mol. The second-order valence-corrected chi connectivity index (χ2v) is 6.43. The van der Waals surface area contributed by atoms with Gasteiger partial charge < -0.3 is 9.84 Å². The SMILES string of the molecule is Cn1ncc2c1CCCC2NC(=O)CCc1nc(-c2ccncc2)no1. The van der Waals surface area contributed by atoms with E-state index in [1.807, 2.05) is 30.1 Å². The molecule has 0 fully saturated rings. The number of hydrogen-bond acceptors (Lipinski definition) is 6. The molecular weight excluding hydrogens is 332 g/mol. The standard InChI is InChI=1S/C18H20N6O2/c1-24-15-4-2-3-14(13(15)11-20-24)21-16(25)5-6-17-22-18(23-26-17)12-7-9-19-10-8-12/h7-11,14H,2-6H2,1H3,(H,21,25). The number of carbonyl (C=O) groups is 1. The number of amides is 1. The molecule has 0 aromatic carbocycles. The molecule has 0 aliphatic heterocycles. The van der Waals surface area contributed by atoms with Crippen molar-refractivity contribution in [2.24, 2.45) is 7.05 Å². The zero-order valence-corrected chi connectivity index (χ0v) is 14.6. The smallest absolute Gasteiger partial charge is 0.227 e. The summed E-state index contributed by atoms with van der Waals surface area (Å²) in [4.78, 5) is 20.6. The zero-order chi connectivity index (χ0) is 17.9. The van der Waals surface area contributed by atoms with Crippen LogP contribution < -0.4 is 5.32 Å². The molecule has 4 rings (SSSR count). The normalized spacial score (nSPS) is 16.3. The Bertz CT molecular complexity index is 902. The Kier molecular flexibility index (Phi) is 4.47. The number of fused-ring (bicyclic) bond motifs is 1. The Balaban J connectivity index is 1.34. The first kappa shape index (κ1) is 16.4. The Morgan fingerprint density at radius 1 is 1.38 bits per heavy atom. The van der Waals surface area contributed by atoms with E-state index in [1.54, 1.807) is 12.4 Å². The van der Waals surface area contributed by atoms with Crippen LogP contribution in [0.1, 0.15) is 42.5 Å². The molecule has 134 valence electrons. The van der Waals surface area contributed by atoms with Crippen LogP contribution in [-0.2, 0) is 24.7 Å². The number of rotatable bonds is 5. The first-order valence-electron chi connectivity index (χ1n) is 8.74. The fraction of sp³-hybridized carbons (Fsp3) is 0.389. The Morgan fingerprint density at radius 2 is 2.23 bits per heavy atom. The van der Waals surface area contributed by atoms with Crippen molar-refractivity contribution in [1.82, 2.24) is 30.2 Å². The van der Waals surface area contributed by atoms with Gasteiger partial charge in [-0.15, -0.1) is 0 Å². The van der Waals surface area contributed by atoms with Crippen molar-refractivity contribution in [3.8, 4) is 11.4 Å². The highest BCUT2D eigenvalue weighted by atomic mass is 16.5. The number of pyridine rings is 1. The number of nitrogens with one attached hydrogen (secondary N) is 1. The van der Waals surface area contributed by atoms with Crippen LogP contribution in [0.2, 0.25) is 0 Å². The molecule has 1 unspecified atom stereocenters. The largest absolute Gasteiger partial charge is 0.349 e. The summed E-state index contributed by atoms with van der Waals surface area (Å²) in [6.07, 6.45) is 8.94. The zero-order valence-electron chi connectivity index (χ0n) is 14.6. The molecule has 1 atom stereocenters. The lowest BCUT2D eigenvalue weighted by Gasteiger charge is -2.23. The van der Waals surface area contributed by atoms with Crippen LogP contribution in [0.5, 0.6) is 0 Å². The van der Waals surface area contributed by atoms with E-state index in [0.717, 1.165) is 30.4 Å². The predicted molar refractivity (Wildman–Crippen MR) is 92.9 cm³/mol. The number of carbonyl (C=O) groups excluding carboxylic acids is 1. The quantitative estimate of drug-likeness (QED) is 0.754. The Labute approximate surface area is 150 Å². The highest BCUT2D eigenvalue weighted by Crippen LogP contribution is 2.29. The molecule has 0 spiro atoms. The van der Waals surface area contributed by atoms with Gasteiger partial charge in [0.15, 0.2) is 0 Å². The van der Waals surface area contributed by atoms with Gasteiger partial charge in [0.05, 0.1) is 12.2 Å². The van der Waals surface area contributed by atoms with Crippen LogP contribution in [0.3, 0.4) is 0 Å². The van der Waals surface area contributed by atoms with Gasteiger partial charge in [0.1, 0.15) is 0 Å². The van der Waals surface area contributed by atoms with E-state index >= 15 is 0 Å². The first-order valence-corrected chi connectivity index (χ1v) is 8.74. The molecule has 3 aromatic heterocycles. The van der Waals surface area contributed by atoms with E-state index in [1.165, 1.54) is 5.69 Å². The van der Waals surface area contributed by atoms with Crippen LogP contribution in [-0.4, -0.2) is 30.8 Å². The maximum absolute atomic E-state index is 12.3. The van der Waals surface area contributed by atoms with Crippen molar-refractivity contribution in [3.05, 3.63) is 47.9 Å². The van der Waals surface area contributed by atoms with Crippen molar-refractivity contribution in [2.75, 3.05) is 0 Å². The highest BCUT2D eigenvalue weighted by molar-refractivity contribution is 5.76. The van der Waals surface area contributed by atoms with Crippen molar-refractivity contribution in [1.29, 1.82) is 0 Å². The van der Waals surface area contributed by atoms with Gasteiger partial charge in [0, 0.05) is 49.1 Å². The summed E-state index contributed by atoms with van der Waals surface area (Å²) in [5.74, 6) is 0.947. The highest BCUT2D eigenvalue weighted by Gasteiger charge is 2.24. The minimum Gasteiger partial charge on any atom is -0.349 e. The fourth-order valence-corrected chi connectivity index (χ4v) is 3.32. The maximum Gasteiger partial charge on any atom is 0.227 e. The fourth-order valence-electron chi connectivity index (χ4n) is 3.32. The molecule has 1 aliphatic rings. The molecule has 1 N–H and O–H groups in total. The molecule has 1 aliphatic carbocycles. The van der Waals surface area contributed by atoms with E-state index in [0.29, 0.717) is 24.6 Å². The van der Waals surface area contributed by atoms with E-state index in [9.17, 15) is 4.79 Å². The summed E-state index contributed by atoms with van der Waals surface area (Å²) in [5, 5.41) is 11.4. The third kappa shape index (κ3) is 3.35. The molecule has 0 saturated carbocycles. The number of nitrogens with zero attached hydrogens (tertiary/aromatic N) is 5. The average Bonchev–Trinajstić information content (AvgIpc) is 3.29. The molecular formula is C18H20N6O2. The van der Waals surface area contributed by atoms with Crippen LogP contribution >= 0.6 is 0 Å². The van der Waals surface area contributed by atoms with E-state index in [2.05, 4.69) is 25.5 Å². The maximum atomic E-state index is 12.3. The minimum atomic E-state index is -0.0182. The molecule has 0 bridgehead atoms. The first-order chi connectivity index (χ1) is 12.7. The molecule has 8 heteroatoms. The van der Waals surface area contributed by atoms with E-state index in [-0.39, 0.29) is 11.9 Å². The van der Waals surface area contributed by atoms with Gasteiger partial charge in [-0.25, -0.2) is 0 Å². The topological polar surface area (TPSA) is 98.7 Å². The van der Waals surface area contributed by atoms with Gasteiger partial charge >= 0.3 is 0 Å². The summed E-state index contributed by atoms with van der Waals surface area (Å²) < 4.78 is 7.14. The summed E-state index contributed by atoms with van der Waals surface area (Å²) in [6, 6.07) is 3.67. The summed E-state index contributed by atoms with van der Waals surface area (Å²) in [5.41, 5.74) is 3.18. The lowest BCUT2D eigenvalue weighted by Crippen LogP contribution is -2.31. The van der Waals surface area contributed by atoms with Gasteiger partial charge in [-0.05, 0) is 31.4 Å². The Morgan fingerprint density at radius 3 is 3.08 bits per heavy atom. The predicted octanol–water partition coefficient (Wildman–Crippen LogP) is 1.99. The molecule has 0 radical (unpaired) electrons. The third-order valence-electron chi connectivity index (χ3n) is 4.68. The Hall–Kier alpha value is -3.03. The van der Waals surface area contributed by atoms with Gasteiger partial charge in [-0.2, -0.15) is 10.1 Å². The number of hydrogen-bond donors (Lipinski definition) is 1. The third-order valence-corrected chi connectivity index (χ3v) is 4.68. The van der Waals surface area contributed by atoms with Crippen molar-refractivity contribution >= 4 is 5.91 Å².